The minimum absolute atomic E-state index is 0.0737. The second-order valence-electron chi connectivity index (χ2n) is 5.61. The summed E-state index contributed by atoms with van der Waals surface area (Å²) in [5.74, 6) is 0. The van der Waals surface area contributed by atoms with Gasteiger partial charge in [-0.05, 0) is 18.6 Å². The van der Waals surface area contributed by atoms with E-state index in [-0.39, 0.29) is 10.3 Å². The van der Waals surface area contributed by atoms with Crippen LogP contribution < -0.4 is 0 Å². The zero-order valence-corrected chi connectivity index (χ0v) is 12.3. The van der Waals surface area contributed by atoms with Crippen molar-refractivity contribution in [2.75, 3.05) is 0 Å². The summed E-state index contributed by atoms with van der Waals surface area (Å²) in [7, 11) is -4.24. The maximum atomic E-state index is 11.5. The molecule has 0 radical (unpaired) electrons. The molecule has 0 aromatic heterocycles. The fraction of sp³-hybridized carbons (Fsp3) is 0.267. The molecule has 5 heteroatoms. The van der Waals surface area contributed by atoms with Gasteiger partial charge in [-0.15, -0.1) is 0 Å². The van der Waals surface area contributed by atoms with E-state index in [2.05, 4.69) is 18.8 Å². The van der Waals surface area contributed by atoms with Crippen molar-refractivity contribution in [2.45, 2.75) is 31.1 Å². The zero-order valence-electron chi connectivity index (χ0n) is 11.5. The summed E-state index contributed by atoms with van der Waals surface area (Å²) >= 11 is 0. The number of rotatable bonds is 1. The van der Waals surface area contributed by atoms with E-state index in [9.17, 15) is 13.0 Å². The maximum Gasteiger partial charge on any atom is 0.295 e. The Bertz CT molecular complexity index is 864. The van der Waals surface area contributed by atoms with E-state index < -0.39 is 10.1 Å². The van der Waals surface area contributed by atoms with Crippen molar-refractivity contribution in [3.8, 4) is 0 Å². The molecule has 0 fully saturated rings. The van der Waals surface area contributed by atoms with Crippen LogP contribution in [0.4, 0.5) is 5.69 Å². The first kappa shape index (κ1) is 13.3. The molecule has 3 rings (SSSR count). The van der Waals surface area contributed by atoms with Crippen LogP contribution >= 0.6 is 0 Å². The van der Waals surface area contributed by atoms with Crippen molar-refractivity contribution in [1.82, 2.24) is 0 Å². The molecule has 0 spiro atoms. The summed E-state index contributed by atoms with van der Waals surface area (Å²) in [4.78, 5) is 4.52. The average molecular weight is 289 g/mol. The van der Waals surface area contributed by atoms with Crippen molar-refractivity contribution >= 4 is 32.3 Å². The molecular weight excluding hydrogens is 274 g/mol. The van der Waals surface area contributed by atoms with Crippen LogP contribution in [0.5, 0.6) is 0 Å². The van der Waals surface area contributed by atoms with Gasteiger partial charge in [0.2, 0.25) is 0 Å². The molecule has 1 heterocycles. The minimum Gasteiger partial charge on any atom is -0.282 e. The van der Waals surface area contributed by atoms with Gasteiger partial charge in [0.1, 0.15) is 4.90 Å². The van der Waals surface area contributed by atoms with E-state index in [0.717, 1.165) is 22.3 Å². The van der Waals surface area contributed by atoms with E-state index in [1.807, 2.05) is 19.1 Å². The van der Waals surface area contributed by atoms with E-state index in [4.69, 9.17) is 0 Å². The summed E-state index contributed by atoms with van der Waals surface area (Å²) in [6.07, 6.45) is 0. The Morgan fingerprint density at radius 2 is 1.80 bits per heavy atom. The highest BCUT2D eigenvalue weighted by Gasteiger charge is 2.33. The zero-order chi connectivity index (χ0) is 14.7. The van der Waals surface area contributed by atoms with Crippen molar-refractivity contribution in [3.05, 3.63) is 35.9 Å². The monoisotopic (exact) mass is 289 g/mol. The first-order chi connectivity index (χ1) is 9.23. The van der Waals surface area contributed by atoms with Crippen molar-refractivity contribution < 1.29 is 13.0 Å². The van der Waals surface area contributed by atoms with Gasteiger partial charge in [-0.2, -0.15) is 8.42 Å². The van der Waals surface area contributed by atoms with Gasteiger partial charge in [-0.3, -0.25) is 9.55 Å². The fourth-order valence-corrected chi connectivity index (χ4v) is 3.37. The van der Waals surface area contributed by atoms with Gasteiger partial charge in [0.15, 0.2) is 0 Å². The van der Waals surface area contributed by atoms with Crippen LogP contribution in [0.1, 0.15) is 26.3 Å². The lowest BCUT2D eigenvalue weighted by Gasteiger charge is -2.20. The molecule has 0 saturated carbocycles. The molecule has 1 aliphatic heterocycles. The number of nitrogens with zero attached hydrogens (tertiary/aromatic N) is 1. The molecule has 0 bridgehead atoms. The van der Waals surface area contributed by atoms with Crippen LogP contribution in [0, 0.1) is 0 Å². The summed E-state index contributed by atoms with van der Waals surface area (Å²) in [6.45, 7) is 6.16. The van der Waals surface area contributed by atoms with Gasteiger partial charge in [0.25, 0.3) is 10.1 Å². The van der Waals surface area contributed by atoms with Crippen molar-refractivity contribution in [2.24, 2.45) is 4.99 Å². The van der Waals surface area contributed by atoms with E-state index in [1.54, 1.807) is 12.1 Å². The van der Waals surface area contributed by atoms with Gasteiger partial charge in [-0.1, -0.05) is 38.1 Å². The van der Waals surface area contributed by atoms with Crippen LogP contribution in [0.15, 0.2) is 40.2 Å². The van der Waals surface area contributed by atoms with Gasteiger partial charge in [0.05, 0.1) is 5.69 Å². The van der Waals surface area contributed by atoms with Gasteiger partial charge >= 0.3 is 0 Å². The van der Waals surface area contributed by atoms with Crippen LogP contribution in [0.25, 0.3) is 10.8 Å². The maximum absolute atomic E-state index is 11.5. The van der Waals surface area contributed by atoms with Crippen molar-refractivity contribution in [1.29, 1.82) is 0 Å². The van der Waals surface area contributed by atoms with Gasteiger partial charge in [0, 0.05) is 21.9 Å². The normalized spacial score (nSPS) is 17.1. The molecule has 1 aliphatic rings. The molecular formula is C15H15NO3S. The summed E-state index contributed by atoms with van der Waals surface area (Å²) in [5.41, 5.74) is 2.72. The highest BCUT2D eigenvalue weighted by molar-refractivity contribution is 7.86. The van der Waals surface area contributed by atoms with Gasteiger partial charge < -0.3 is 0 Å². The Morgan fingerprint density at radius 1 is 1.10 bits per heavy atom. The van der Waals surface area contributed by atoms with Crippen LogP contribution in [-0.2, 0) is 15.5 Å². The number of hydrogen-bond donors (Lipinski definition) is 1. The lowest BCUT2D eigenvalue weighted by molar-refractivity contribution is 0.484. The van der Waals surface area contributed by atoms with E-state index in [0.29, 0.717) is 5.39 Å². The van der Waals surface area contributed by atoms with Crippen LogP contribution in [-0.4, -0.2) is 18.7 Å². The topological polar surface area (TPSA) is 66.7 Å². The molecule has 0 amide bonds. The molecule has 1 N–H and O–H groups in total. The molecule has 0 unspecified atom stereocenters. The summed E-state index contributed by atoms with van der Waals surface area (Å²) < 4.78 is 32.2. The number of aliphatic imine (C=N–C) groups is 1. The van der Waals surface area contributed by atoms with Crippen LogP contribution in [0.3, 0.4) is 0 Å². The third-order valence-electron chi connectivity index (χ3n) is 4.13. The predicted molar refractivity (Wildman–Crippen MR) is 79.6 cm³/mol. The first-order valence-corrected chi connectivity index (χ1v) is 7.76. The molecule has 0 aliphatic carbocycles. The molecule has 2 aromatic rings. The third-order valence-corrected chi connectivity index (χ3v) is 5.04. The average Bonchev–Trinajstić information content (AvgIpc) is 2.59. The van der Waals surface area contributed by atoms with E-state index >= 15 is 0 Å². The SMILES string of the molecule is CC1=Nc2c(ccc3c(S(=O)(=O)O)cccc23)C1(C)C. The lowest BCUT2D eigenvalue weighted by atomic mass is 9.81. The predicted octanol–water partition coefficient (Wildman–Crippen LogP) is 3.47. The largest absolute Gasteiger partial charge is 0.295 e. The third kappa shape index (κ3) is 1.70. The van der Waals surface area contributed by atoms with Gasteiger partial charge in [-0.25, -0.2) is 0 Å². The smallest absolute Gasteiger partial charge is 0.282 e. The second kappa shape index (κ2) is 3.90. The number of hydrogen-bond acceptors (Lipinski definition) is 3. The van der Waals surface area contributed by atoms with Crippen molar-refractivity contribution in [3.63, 3.8) is 0 Å². The first-order valence-electron chi connectivity index (χ1n) is 6.32. The molecule has 0 saturated heterocycles. The standard InChI is InChI=1S/C15H15NO3S/c1-9-15(2,3)12-8-7-10-11(14(12)16-9)5-4-6-13(10)20(17,18)19/h4-8H,1-3H3,(H,17,18,19). The molecule has 2 aromatic carbocycles. The number of benzene rings is 2. The summed E-state index contributed by atoms with van der Waals surface area (Å²) in [6, 6.07) is 8.50. The Morgan fingerprint density at radius 3 is 2.45 bits per heavy atom. The van der Waals surface area contributed by atoms with Crippen LogP contribution in [0.2, 0.25) is 0 Å². The Kier molecular flexibility index (Phi) is 2.59. The quantitative estimate of drug-likeness (QED) is 0.817. The highest BCUT2D eigenvalue weighted by Crippen LogP contribution is 2.44. The number of fused-ring (bicyclic) bond motifs is 3. The molecule has 20 heavy (non-hydrogen) atoms. The summed E-state index contributed by atoms with van der Waals surface area (Å²) in [5, 5.41) is 1.26. The minimum atomic E-state index is -4.24. The fourth-order valence-electron chi connectivity index (χ4n) is 2.67. The molecule has 0 atom stereocenters. The second-order valence-corrected chi connectivity index (χ2v) is 7.00. The highest BCUT2D eigenvalue weighted by atomic mass is 32.2. The molecule has 4 nitrogen and oxygen atoms in total. The Hall–Kier alpha value is -1.72. The Labute approximate surface area is 117 Å². The Balaban J connectivity index is 2.45. The molecule has 104 valence electrons. The van der Waals surface area contributed by atoms with E-state index in [1.165, 1.54) is 6.07 Å². The lowest BCUT2D eigenvalue weighted by Crippen LogP contribution is -2.22.